The van der Waals surface area contributed by atoms with Gasteiger partial charge in [-0.05, 0) is 25.1 Å². The van der Waals surface area contributed by atoms with Crippen LogP contribution in [0.4, 0.5) is 13.2 Å². The Kier molecular flexibility index (Phi) is 4.39. The van der Waals surface area contributed by atoms with Crippen molar-refractivity contribution in [2.75, 3.05) is 0 Å². The Morgan fingerprint density at radius 2 is 1.72 bits per heavy atom. The van der Waals surface area contributed by atoms with Crippen molar-refractivity contribution >= 4 is 51.5 Å². The summed E-state index contributed by atoms with van der Waals surface area (Å²) in [6.07, 6.45) is -1.54. The fourth-order valence-electron chi connectivity index (χ4n) is 2.46. The highest BCUT2D eigenvalue weighted by molar-refractivity contribution is 7.83. The van der Waals surface area contributed by atoms with E-state index < -0.39 is 17.3 Å². The summed E-state index contributed by atoms with van der Waals surface area (Å²) in [5.41, 5.74) is -0.953. The van der Waals surface area contributed by atoms with Gasteiger partial charge in [0.25, 0.3) is 0 Å². The number of hydrogen-bond acceptors (Lipinski definition) is 4. The second kappa shape index (κ2) is 6.02. The third-order valence-electron chi connectivity index (χ3n) is 3.93. The lowest BCUT2D eigenvalue weighted by Crippen LogP contribution is -2.46. The molecular weight excluding hydrogens is 393 g/mol. The number of allylic oxidation sites excluding steroid dienone is 2. The van der Waals surface area contributed by atoms with Crippen molar-refractivity contribution in [3.63, 3.8) is 0 Å². The summed E-state index contributed by atoms with van der Waals surface area (Å²) in [4.78, 5) is 0.274. The number of rotatable bonds is 1. The van der Waals surface area contributed by atoms with E-state index in [1.165, 1.54) is 25.3 Å². The molecular formula is C17H10ClF3O2S2. The average Bonchev–Trinajstić information content (AvgIpc) is 2.57. The second-order valence-electron chi connectivity index (χ2n) is 5.69. The van der Waals surface area contributed by atoms with E-state index >= 15 is 0 Å². The number of fused-ring (bicyclic) bond motifs is 1. The zero-order valence-corrected chi connectivity index (χ0v) is 15.0. The lowest BCUT2D eigenvalue weighted by Gasteiger charge is -2.34. The highest BCUT2D eigenvalue weighted by atomic mass is 35.5. The van der Waals surface area contributed by atoms with Gasteiger partial charge in [-0.1, -0.05) is 48.2 Å². The minimum atomic E-state index is -4.41. The smallest absolute Gasteiger partial charge is 0.416 e. The first-order valence-electron chi connectivity index (χ1n) is 7.02. The minimum Gasteiger partial charge on any atom is -0.464 e. The summed E-state index contributed by atoms with van der Waals surface area (Å²) in [7, 11) is 0. The van der Waals surface area contributed by atoms with Crippen LogP contribution >= 0.6 is 36.0 Å². The molecule has 0 bridgehead atoms. The van der Waals surface area contributed by atoms with Gasteiger partial charge in [0, 0.05) is 16.7 Å². The van der Waals surface area contributed by atoms with Gasteiger partial charge < -0.3 is 9.84 Å². The zero-order valence-electron chi connectivity index (χ0n) is 12.6. The van der Waals surface area contributed by atoms with Crippen molar-refractivity contribution in [3.8, 4) is 0 Å². The van der Waals surface area contributed by atoms with Crippen LogP contribution in [-0.2, 0) is 10.9 Å². The van der Waals surface area contributed by atoms with Crippen molar-refractivity contribution in [2.45, 2.75) is 18.7 Å². The van der Waals surface area contributed by atoms with Crippen molar-refractivity contribution in [1.82, 2.24) is 0 Å². The Balaban J connectivity index is 2.02. The molecule has 130 valence electrons. The lowest BCUT2D eigenvalue weighted by atomic mass is 9.82. The van der Waals surface area contributed by atoms with E-state index in [9.17, 15) is 18.3 Å². The standard InChI is InChI=1S/C17H10ClF3O2S2/c1-16(22)14(24)11-7-23-12(6-10(11)13(18)15(16)25)8-2-4-9(5-3-8)17(19,20)21/h2-7,22H,1H3. The Hall–Kier alpha value is -1.54. The van der Waals surface area contributed by atoms with Crippen LogP contribution in [0.3, 0.4) is 0 Å². The lowest BCUT2D eigenvalue weighted by molar-refractivity contribution is -0.137. The van der Waals surface area contributed by atoms with Crippen molar-refractivity contribution in [2.24, 2.45) is 0 Å². The molecule has 0 spiro atoms. The fraction of sp³-hybridized carbons (Fsp3) is 0.176. The van der Waals surface area contributed by atoms with E-state index in [0.717, 1.165) is 12.1 Å². The Morgan fingerprint density at radius 1 is 1.12 bits per heavy atom. The number of aliphatic hydroxyl groups is 1. The molecule has 1 N–H and O–H groups in total. The summed E-state index contributed by atoms with van der Waals surface area (Å²) in [6.45, 7) is 1.45. The van der Waals surface area contributed by atoms with Gasteiger partial charge in [-0.2, -0.15) is 13.2 Å². The van der Waals surface area contributed by atoms with Crippen LogP contribution in [0.25, 0.3) is 5.76 Å². The maximum Gasteiger partial charge on any atom is 0.416 e. The molecule has 0 saturated carbocycles. The topological polar surface area (TPSA) is 29.5 Å². The van der Waals surface area contributed by atoms with Crippen LogP contribution in [0.1, 0.15) is 18.1 Å². The van der Waals surface area contributed by atoms with E-state index in [2.05, 4.69) is 0 Å². The molecule has 1 aromatic rings. The SMILES string of the molecule is CC1(O)C(=S)C2=COC(c3ccc(C(F)(F)F)cc3)=CC2=C(Cl)C1=S. The maximum absolute atomic E-state index is 12.7. The number of benzene rings is 1. The van der Waals surface area contributed by atoms with Gasteiger partial charge in [-0.25, -0.2) is 0 Å². The molecule has 8 heteroatoms. The predicted octanol–water partition coefficient (Wildman–Crippen LogP) is 4.96. The first-order valence-corrected chi connectivity index (χ1v) is 8.21. The highest BCUT2D eigenvalue weighted by Gasteiger charge is 2.42. The Bertz CT molecular complexity index is 878. The zero-order chi connectivity index (χ0) is 18.6. The fourth-order valence-corrected chi connectivity index (χ4v) is 3.34. The van der Waals surface area contributed by atoms with Gasteiger partial charge in [0.1, 0.15) is 17.6 Å². The molecule has 0 saturated heterocycles. The number of halogens is 4. The van der Waals surface area contributed by atoms with Gasteiger partial charge in [-0.15, -0.1) is 0 Å². The molecule has 1 aliphatic heterocycles. The summed E-state index contributed by atoms with van der Waals surface area (Å²) in [6, 6.07) is 4.54. The van der Waals surface area contributed by atoms with Crippen LogP contribution in [0.15, 0.2) is 52.8 Å². The molecule has 0 fully saturated rings. The number of thiocarbonyl (C=S) groups is 2. The molecule has 0 aromatic heterocycles. The quantitative estimate of drug-likeness (QED) is 0.672. The number of ether oxygens (including phenoxy) is 1. The minimum absolute atomic E-state index is 0.0937. The van der Waals surface area contributed by atoms with Crippen LogP contribution in [0.2, 0.25) is 0 Å². The van der Waals surface area contributed by atoms with Gasteiger partial charge in [0.2, 0.25) is 0 Å². The number of alkyl halides is 3. The molecule has 1 unspecified atom stereocenters. The second-order valence-corrected chi connectivity index (χ2v) is 6.89. The maximum atomic E-state index is 12.7. The van der Waals surface area contributed by atoms with Gasteiger partial charge in [-0.3, -0.25) is 0 Å². The molecule has 1 atom stereocenters. The largest absolute Gasteiger partial charge is 0.464 e. The molecule has 2 aliphatic rings. The van der Waals surface area contributed by atoms with Crippen molar-refractivity contribution in [1.29, 1.82) is 0 Å². The average molecular weight is 403 g/mol. The molecule has 2 nitrogen and oxygen atoms in total. The molecule has 1 aromatic carbocycles. The first kappa shape index (κ1) is 18.3. The van der Waals surface area contributed by atoms with Crippen molar-refractivity contribution in [3.05, 3.63) is 63.9 Å². The summed E-state index contributed by atoms with van der Waals surface area (Å²) >= 11 is 16.7. The summed E-state index contributed by atoms with van der Waals surface area (Å²) in [5.74, 6) is 0.303. The first-order chi connectivity index (χ1) is 11.5. The summed E-state index contributed by atoms with van der Waals surface area (Å²) in [5, 5.41) is 10.5. The van der Waals surface area contributed by atoms with Gasteiger partial charge in [0.15, 0.2) is 0 Å². The third-order valence-corrected chi connectivity index (χ3v) is 5.65. The van der Waals surface area contributed by atoms with Crippen molar-refractivity contribution < 1.29 is 23.0 Å². The molecule has 1 heterocycles. The molecule has 0 radical (unpaired) electrons. The van der Waals surface area contributed by atoms with E-state index in [1.807, 2.05) is 0 Å². The predicted molar refractivity (Wildman–Crippen MR) is 97.3 cm³/mol. The molecule has 3 rings (SSSR count). The molecule has 1 aliphatic carbocycles. The summed E-state index contributed by atoms with van der Waals surface area (Å²) < 4.78 is 43.5. The third kappa shape index (κ3) is 3.06. The van der Waals surface area contributed by atoms with Crippen LogP contribution in [0.5, 0.6) is 0 Å². The monoisotopic (exact) mass is 402 g/mol. The molecule has 25 heavy (non-hydrogen) atoms. The number of hydrogen-bond donors (Lipinski definition) is 1. The Labute approximate surface area is 157 Å². The van der Waals surface area contributed by atoms with Crippen LogP contribution < -0.4 is 0 Å². The van der Waals surface area contributed by atoms with Gasteiger partial charge in [0.05, 0.1) is 20.3 Å². The molecule has 0 amide bonds. The van der Waals surface area contributed by atoms with Gasteiger partial charge >= 0.3 is 6.18 Å². The highest BCUT2D eigenvalue weighted by Crippen LogP contribution is 2.40. The van der Waals surface area contributed by atoms with Crippen LogP contribution in [0, 0.1) is 0 Å². The van der Waals surface area contributed by atoms with E-state index in [0.29, 0.717) is 22.5 Å². The Morgan fingerprint density at radius 3 is 2.28 bits per heavy atom. The van der Waals surface area contributed by atoms with E-state index in [1.54, 1.807) is 6.08 Å². The van der Waals surface area contributed by atoms with Crippen LogP contribution in [-0.4, -0.2) is 20.4 Å². The normalized spacial score (nSPS) is 23.8. The van der Waals surface area contributed by atoms with E-state index in [4.69, 9.17) is 40.8 Å². The van der Waals surface area contributed by atoms with E-state index in [-0.39, 0.29) is 14.8 Å².